The maximum absolute atomic E-state index is 13.3. The number of benzene rings is 2. The quantitative estimate of drug-likeness (QED) is 0.849. The summed E-state index contributed by atoms with van der Waals surface area (Å²) >= 11 is 0. The molecule has 3 rings (SSSR count). The summed E-state index contributed by atoms with van der Waals surface area (Å²) < 4.78 is 19.4. The van der Waals surface area contributed by atoms with E-state index in [9.17, 15) is 9.18 Å². The van der Waals surface area contributed by atoms with Gasteiger partial charge in [0.15, 0.2) is 0 Å². The Balaban J connectivity index is 2.31. The van der Waals surface area contributed by atoms with Crippen LogP contribution in [0.5, 0.6) is 5.75 Å². The Kier molecular flexibility index (Phi) is 3.97. The molecule has 0 radical (unpaired) electrons. The summed E-state index contributed by atoms with van der Waals surface area (Å²) in [7, 11) is 0. The first-order chi connectivity index (χ1) is 11.4. The van der Waals surface area contributed by atoms with Crippen LogP contribution in [0, 0.1) is 5.82 Å². The van der Waals surface area contributed by atoms with Crippen molar-refractivity contribution in [2.24, 2.45) is 0 Å². The number of fused-ring (bicyclic) bond motifs is 1. The second kappa shape index (κ2) is 5.96. The number of carboxylic acid groups (broad SMARTS) is 1. The van der Waals surface area contributed by atoms with Crippen LogP contribution in [-0.4, -0.2) is 16.7 Å². The monoisotopic (exact) mass is 324 g/mol. The van der Waals surface area contributed by atoms with Crippen LogP contribution >= 0.6 is 0 Å². The van der Waals surface area contributed by atoms with Gasteiger partial charge in [0, 0.05) is 17.2 Å². The highest BCUT2D eigenvalue weighted by atomic mass is 19.1. The standard InChI is InChI=1S/C20H17FO3/c1-20(2)16(11-12-18(22)23)19(13-7-9-14(21)10-8-13)15-5-3-4-6-17(15)24-20/h3-12H,1-2H3,(H,22,23). The predicted molar refractivity (Wildman–Crippen MR) is 90.3 cm³/mol. The van der Waals surface area contributed by atoms with E-state index in [1.54, 1.807) is 18.2 Å². The fourth-order valence-electron chi connectivity index (χ4n) is 2.90. The van der Waals surface area contributed by atoms with Crippen molar-refractivity contribution in [1.82, 2.24) is 0 Å². The Morgan fingerprint density at radius 2 is 1.79 bits per heavy atom. The second-order valence-corrected chi connectivity index (χ2v) is 6.08. The van der Waals surface area contributed by atoms with Crippen LogP contribution in [0.4, 0.5) is 4.39 Å². The maximum Gasteiger partial charge on any atom is 0.328 e. The molecule has 0 fully saturated rings. The number of carboxylic acids is 1. The molecule has 0 aromatic heterocycles. The summed E-state index contributed by atoms with van der Waals surface area (Å²) in [5, 5.41) is 9.00. The van der Waals surface area contributed by atoms with Crippen molar-refractivity contribution in [3.8, 4) is 5.75 Å². The lowest BCUT2D eigenvalue weighted by molar-refractivity contribution is -0.131. The summed E-state index contributed by atoms with van der Waals surface area (Å²) in [6, 6.07) is 13.7. The van der Waals surface area contributed by atoms with Gasteiger partial charge in [-0.25, -0.2) is 9.18 Å². The highest BCUT2D eigenvalue weighted by molar-refractivity contribution is 5.90. The van der Waals surface area contributed by atoms with E-state index in [0.29, 0.717) is 5.75 Å². The average molecular weight is 324 g/mol. The average Bonchev–Trinajstić information content (AvgIpc) is 2.52. The molecule has 1 heterocycles. The lowest BCUT2D eigenvalue weighted by Crippen LogP contribution is -2.34. The van der Waals surface area contributed by atoms with Gasteiger partial charge in [-0.15, -0.1) is 0 Å². The summed E-state index contributed by atoms with van der Waals surface area (Å²) in [4.78, 5) is 11.0. The van der Waals surface area contributed by atoms with Gasteiger partial charge < -0.3 is 9.84 Å². The Morgan fingerprint density at radius 3 is 2.46 bits per heavy atom. The number of para-hydroxylation sites is 1. The van der Waals surface area contributed by atoms with E-state index in [1.165, 1.54) is 12.1 Å². The molecule has 0 aliphatic carbocycles. The molecule has 0 unspecified atom stereocenters. The van der Waals surface area contributed by atoms with Crippen LogP contribution < -0.4 is 4.74 Å². The van der Waals surface area contributed by atoms with Gasteiger partial charge in [0.1, 0.15) is 17.2 Å². The van der Waals surface area contributed by atoms with Gasteiger partial charge in [-0.05, 0) is 49.3 Å². The van der Waals surface area contributed by atoms with Crippen molar-refractivity contribution in [1.29, 1.82) is 0 Å². The molecule has 1 aliphatic heterocycles. The van der Waals surface area contributed by atoms with Crippen molar-refractivity contribution < 1.29 is 19.0 Å². The van der Waals surface area contributed by atoms with Crippen LogP contribution in [0.25, 0.3) is 5.57 Å². The van der Waals surface area contributed by atoms with E-state index in [-0.39, 0.29) is 5.82 Å². The van der Waals surface area contributed by atoms with Crippen LogP contribution in [0.1, 0.15) is 25.0 Å². The molecule has 0 atom stereocenters. The molecule has 122 valence electrons. The van der Waals surface area contributed by atoms with Crippen LogP contribution in [0.15, 0.2) is 66.3 Å². The molecule has 24 heavy (non-hydrogen) atoms. The zero-order valence-electron chi connectivity index (χ0n) is 13.4. The first kappa shape index (κ1) is 16.0. The van der Waals surface area contributed by atoms with Crippen LogP contribution in [0.2, 0.25) is 0 Å². The second-order valence-electron chi connectivity index (χ2n) is 6.08. The van der Waals surface area contributed by atoms with Crippen molar-refractivity contribution in [3.63, 3.8) is 0 Å². The van der Waals surface area contributed by atoms with Gasteiger partial charge in [-0.1, -0.05) is 30.3 Å². The Hall–Kier alpha value is -2.88. The first-order valence-corrected chi connectivity index (χ1v) is 7.58. The largest absolute Gasteiger partial charge is 0.482 e. The van der Waals surface area contributed by atoms with Crippen LogP contribution in [0.3, 0.4) is 0 Å². The lowest BCUT2D eigenvalue weighted by Gasteiger charge is -2.36. The normalized spacial score (nSPS) is 16.0. The van der Waals surface area contributed by atoms with E-state index in [1.807, 2.05) is 38.1 Å². The van der Waals surface area contributed by atoms with Gasteiger partial charge in [0.2, 0.25) is 0 Å². The SMILES string of the molecule is CC1(C)Oc2ccccc2C(c2ccc(F)cc2)=C1C=CC(=O)O. The minimum absolute atomic E-state index is 0.318. The summed E-state index contributed by atoms with van der Waals surface area (Å²) in [6.07, 6.45) is 2.65. The molecular formula is C20H17FO3. The third-order valence-electron chi connectivity index (χ3n) is 3.96. The smallest absolute Gasteiger partial charge is 0.328 e. The van der Waals surface area contributed by atoms with Crippen molar-refractivity contribution in [2.75, 3.05) is 0 Å². The number of ether oxygens (including phenoxy) is 1. The molecule has 1 N–H and O–H groups in total. The van der Waals surface area contributed by atoms with Gasteiger partial charge >= 0.3 is 5.97 Å². The number of hydrogen-bond acceptors (Lipinski definition) is 2. The van der Waals surface area contributed by atoms with Gasteiger partial charge in [-0.2, -0.15) is 0 Å². The fourth-order valence-corrected chi connectivity index (χ4v) is 2.90. The molecule has 0 saturated heterocycles. The van der Waals surface area contributed by atoms with E-state index in [0.717, 1.165) is 28.3 Å². The highest BCUT2D eigenvalue weighted by Crippen LogP contribution is 2.44. The Bertz CT molecular complexity index is 845. The zero-order chi connectivity index (χ0) is 17.3. The predicted octanol–water partition coefficient (Wildman–Crippen LogP) is 4.44. The highest BCUT2D eigenvalue weighted by Gasteiger charge is 2.34. The van der Waals surface area contributed by atoms with Crippen LogP contribution in [-0.2, 0) is 4.79 Å². The molecule has 0 amide bonds. The minimum atomic E-state index is -1.03. The molecule has 2 aromatic rings. The number of hydrogen-bond donors (Lipinski definition) is 1. The number of halogens is 1. The number of rotatable bonds is 3. The Morgan fingerprint density at radius 1 is 1.12 bits per heavy atom. The molecule has 4 heteroatoms. The summed E-state index contributed by atoms with van der Waals surface area (Å²) in [6.45, 7) is 3.77. The molecule has 3 nitrogen and oxygen atoms in total. The topological polar surface area (TPSA) is 46.5 Å². The maximum atomic E-state index is 13.3. The third-order valence-corrected chi connectivity index (χ3v) is 3.96. The minimum Gasteiger partial charge on any atom is -0.482 e. The zero-order valence-corrected chi connectivity index (χ0v) is 13.4. The van der Waals surface area contributed by atoms with Gasteiger partial charge in [0.05, 0.1) is 0 Å². The number of carbonyl (C=O) groups is 1. The molecule has 1 aliphatic rings. The Labute approximate surface area is 139 Å². The molecule has 2 aromatic carbocycles. The van der Waals surface area contributed by atoms with E-state index in [2.05, 4.69) is 0 Å². The summed E-state index contributed by atoms with van der Waals surface area (Å²) in [5.41, 5.74) is 2.53. The van der Waals surface area contributed by atoms with Crippen molar-refractivity contribution >= 4 is 11.5 Å². The fraction of sp³-hybridized carbons (Fsp3) is 0.150. The van der Waals surface area contributed by atoms with Gasteiger partial charge in [0.25, 0.3) is 0 Å². The summed E-state index contributed by atoms with van der Waals surface area (Å²) in [5.74, 6) is -0.633. The van der Waals surface area contributed by atoms with E-state index >= 15 is 0 Å². The van der Waals surface area contributed by atoms with Crippen molar-refractivity contribution in [2.45, 2.75) is 19.4 Å². The third kappa shape index (κ3) is 2.95. The molecule has 0 bridgehead atoms. The molecule has 0 saturated carbocycles. The lowest BCUT2D eigenvalue weighted by atomic mass is 9.82. The van der Waals surface area contributed by atoms with E-state index < -0.39 is 11.6 Å². The van der Waals surface area contributed by atoms with E-state index in [4.69, 9.17) is 9.84 Å². The van der Waals surface area contributed by atoms with Gasteiger partial charge in [-0.3, -0.25) is 0 Å². The molecule has 0 spiro atoms. The van der Waals surface area contributed by atoms with Crippen molar-refractivity contribution in [3.05, 3.63) is 83.2 Å². The first-order valence-electron chi connectivity index (χ1n) is 7.58. The number of aliphatic carboxylic acids is 1. The molecular weight excluding hydrogens is 307 g/mol.